The molecule has 1 heterocycles. The number of allylic oxidation sites excluding steroid dienone is 2. The Morgan fingerprint density at radius 3 is 2.77 bits per heavy atom. The van der Waals surface area contributed by atoms with E-state index in [2.05, 4.69) is 12.2 Å². The smallest absolute Gasteiger partial charge is 0.309 e. The summed E-state index contributed by atoms with van der Waals surface area (Å²) in [4.78, 5) is 23.9. The van der Waals surface area contributed by atoms with E-state index in [1.54, 1.807) is 0 Å². The highest BCUT2D eigenvalue weighted by atomic mass is 16.6. The molecule has 0 spiro atoms. The van der Waals surface area contributed by atoms with Gasteiger partial charge < -0.3 is 9.47 Å². The SMILES string of the molecule is O=C1CC(OC(=O)C2CC3CC2C2C4C=CC(C4)C32)CCO1. The van der Waals surface area contributed by atoms with Gasteiger partial charge in [-0.15, -0.1) is 0 Å². The van der Waals surface area contributed by atoms with Gasteiger partial charge in [0.1, 0.15) is 6.10 Å². The van der Waals surface area contributed by atoms with E-state index < -0.39 is 0 Å². The van der Waals surface area contributed by atoms with Gasteiger partial charge in [0.15, 0.2) is 0 Å². The molecule has 3 saturated carbocycles. The molecule has 0 radical (unpaired) electrons. The third-order valence-corrected chi connectivity index (χ3v) is 6.95. The fourth-order valence-electron chi connectivity index (χ4n) is 6.29. The largest absolute Gasteiger partial charge is 0.465 e. The summed E-state index contributed by atoms with van der Waals surface area (Å²) in [5.41, 5.74) is 0. The minimum absolute atomic E-state index is 0.0441. The molecule has 5 rings (SSSR count). The lowest BCUT2D eigenvalue weighted by Gasteiger charge is -2.36. The van der Waals surface area contributed by atoms with Gasteiger partial charge in [-0.25, -0.2) is 0 Å². The van der Waals surface area contributed by atoms with Crippen LogP contribution in [0.4, 0.5) is 0 Å². The number of carbonyl (C=O) groups excluding carboxylic acids is 2. The number of hydrogen-bond acceptors (Lipinski definition) is 4. The Labute approximate surface area is 130 Å². The first-order valence-corrected chi connectivity index (χ1v) is 8.75. The summed E-state index contributed by atoms with van der Waals surface area (Å²) in [6.07, 6.45) is 8.99. The van der Waals surface area contributed by atoms with Gasteiger partial charge in [-0.2, -0.15) is 0 Å². The lowest BCUT2D eigenvalue weighted by atomic mass is 9.69. The number of carbonyl (C=O) groups is 2. The topological polar surface area (TPSA) is 52.6 Å². The summed E-state index contributed by atoms with van der Waals surface area (Å²) in [5, 5.41) is 0. The van der Waals surface area contributed by atoms with Gasteiger partial charge in [0.25, 0.3) is 0 Å². The van der Waals surface area contributed by atoms with E-state index in [9.17, 15) is 9.59 Å². The molecule has 0 N–H and O–H groups in total. The number of esters is 2. The average molecular weight is 302 g/mol. The number of hydrogen-bond donors (Lipinski definition) is 0. The van der Waals surface area contributed by atoms with Crippen LogP contribution in [0.15, 0.2) is 12.2 Å². The molecule has 4 nitrogen and oxygen atoms in total. The number of ether oxygens (including phenoxy) is 2. The van der Waals surface area contributed by atoms with Crippen LogP contribution in [-0.2, 0) is 19.1 Å². The molecule has 4 heteroatoms. The van der Waals surface area contributed by atoms with Gasteiger partial charge in [-0.1, -0.05) is 12.2 Å². The predicted octanol–water partition coefficient (Wildman–Crippen LogP) is 2.33. The maximum absolute atomic E-state index is 12.6. The first-order chi connectivity index (χ1) is 10.7. The van der Waals surface area contributed by atoms with Crippen molar-refractivity contribution in [2.75, 3.05) is 6.61 Å². The van der Waals surface area contributed by atoms with Gasteiger partial charge in [0.2, 0.25) is 0 Å². The van der Waals surface area contributed by atoms with Gasteiger partial charge in [-0.05, 0) is 54.8 Å². The zero-order chi connectivity index (χ0) is 14.8. The fourth-order valence-corrected chi connectivity index (χ4v) is 6.29. The van der Waals surface area contributed by atoms with Crippen molar-refractivity contribution >= 4 is 11.9 Å². The van der Waals surface area contributed by atoms with Crippen LogP contribution in [0.25, 0.3) is 0 Å². The van der Waals surface area contributed by atoms with E-state index in [0.29, 0.717) is 24.9 Å². The average Bonchev–Trinajstić information content (AvgIpc) is 3.25. The van der Waals surface area contributed by atoms with Crippen molar-refractivity contribution in [3.63, 3.8) is 0 Å². The molecule has 4 aliphatic carbocycles. The summed E-state index contributed by atoms with van der Waals surface area (Å²) in [6, 6.07) is 0. The summed E-state index contributed by atoms with van der Waals surface area (Å²) >= 11 is 0. The first-order valence-electron chi connectivity index (χ1n) is 8.75. The van der Waals surface area contributed by atoms with Crippen molar-refractivity contribution in [2.24, 2.45) is 41.4 Å². The van der Waals surface area contributed by atoms with Crippen molar-refractivity contribution in [1.29, 1.82) is 0 Å². The van der Waals surface area contributed by atoms with Crippen molar-refractivity contribution < 1.29 is 19.1 Å². The monoisotopic (exact) mass is 302 g/mol. The van der Waals surface area contributed by atoms with E-state index in [1.807, 2.05) is 0 Å². The molecule has 4 bridgehead atoms. The van der Waals surface area contributed by atoms with Gasteiger partial charge in [-0.3, -0.25) is 9.59 Å². The second-order valence-corrected chi connectivity index (χ2v) is 7.88. The molecule has 0 aromatic heterocycles. The van der Waals surface area contributed by atoms with Crippen LogP contribution in [0.5, 0.6) is 0 Å². The van der Waals surface area contributed by atoms with E-state index >= 15 is 0 Å². The Kier molecular flexibility index (Phi) is 2.74. The van der Waals surface area contributed by atoms with Crippen LogP contribution in [0.1, 0.15) is 32.1 Å². The Morgan fingerprint density at radius 1 is 1.14 bits per heavy atom. The molecule has 0 amide bonds. The molecule has 8 unspecified atom stereocenters. The minimum atomic E-state index is -0.261. The van der Waals surface area contributed by atoms with E-state index in [4.69, 9.17) is 9.47 Å². The van der Waals surface area contributed by atoms with Crippen LogP contribution < -0.4 is 0 Å². The standard InChI is InChI=1S/C18H22O4/c19-15-8-12(3-4-21-15)22-18(20)14-7-11-6-13(14)17-10-2-1-9(5-10)16(11)17/h1-2,9-14,16-17H,3-8H2. The summed E-state index contributed by atoms with van der Waals surface area (Å²) in [7, 11) is 0. The predicted molar refractivity (Wildman–Crippen MR) is 77.5 cm³/mol. The van der Waals surface area contributed by atoms with Gasteiger partial charge >= 0.3 is 11.9 Å². The van der Waals surface area contributed by atoms with Crippen LogP contribution in [0, 0.1) is 41.4 Å². The maximum atomic E-state index is 12.6. The highest BCUT2D eigenvalue weighted by Gasteiger charge is 2.62. The third-order valence-electron chi connectivity index (χ3n) is 6.95. The third kappa shape index (κ3) is 1.76. The molecule has 1 saturated heterocycles. The zero-order valence-corrected chi connectivity index (χ0v) is 12.6. The van der Waals surface area contributed by atoms with E-state index in [1.165, 1.54) is 12.8 Å². The molecule has 4 fully saturated rings. The quantitative estimate of drug-likeness (QED) is 0.446. The van der Waals surface area contributed by atoms with Gasteiger partial charge in [0.05, 0.1) is 18.9 Å². The van der Waals surface area contributed by atoms with Crippen LogP contribution in [-0.4, -0.2) is 24.6 Å². The van der Waals surface area contributed by atoms with Crippen LogP contribution in [0.2, 0.25) is 0 Å². The second kappa shape index (κ2) is 4.59. The van der Waals surface area contributed by atoms with E-state index in [-0.39, 0.29) is 30.4 Å². The Balaban J connectivity index is 1.28. The summed E-state index contributed by atoms with van der Waals surface area (Å²) in [5.74, 6) is 4.11. The first kappa shape index (κ1) is 13.1. The minimum Gasteiger partial charge on any atom is -0.465 e. The Bertz CT molecular complexity index is 553. The molecular weight excluding hydrogens is 280 g/mol. The molecule has 5 aliphatic rings. The normalized spacial score (nSPS) is 51.0. The van der Waals surface area contributed by atoms with Crippen LogP contribution >= 0.6 is 0 Å². The molecule has 118 valence electrons. The van der Waals surface area contributed by atoms with Crippen molar-refractivity contribution in [3.05, 3.63) is 12.2 Å². The van der Waals surface area contributed by atoms with Crippen LogP contribution in [0.3, 0.4) is 0 Å². The molecule has 0 aromatic rings. The molecule has 0 aromatic carbocycles. The molecule has 8 atom stereocenters. The van der Waals surface area contributed by atoms with Gasteiger partial charge in [0, 0.05) is 6.42 Å². The van der Waals surface area contributed by atoms with Crippen molar-refractivity contribution in [3.8, 4) is 0 Å². The Hall–Kier alpha value is -1.32. The fraction of sp³-hybridized carbons (Fsp3) is 0.778. The highest BCUT2D eigenvalue weighted by molar-refractivity contribution is 5.75. The van der Waals surface area contributed by atoms with Crippen molar-refractivity contribution in [1.82, 2.24) is 0 Å². The number of cyclic esters (lactones) is 1. The number of fused-ring (bicyclic) bond motifs is 9. The lowest BCUT2D eigenvalue weighted by molar-refractivity contribution is -0.167. The van der Waals surface area contributed by atoms with E-state index in [0.717, 1.165) is 30.1 Å². The van der Waals surface area contributed by atoms with Crippen molar-refractivity contribution in [2.45, 2.75) is 38.2 Å². The molecular formula is C18H22O4. The summed E-state index contributed by atoms with van der Waals surface area (Å²) in [6.45, 7) is 0.382. The zero-order valence-electron chi connectivity index (χ0n) is 12.6. The second-order valence-electron chi connectivity index (χ2n) is 7.88. The maximum Gasteiger partial charge on any atom is 0.309 e. The summed E-state index contributed by atoms with van der Waals surface area (Å²) < 4.78 is 10.6. The number of rotatable bonds is 2. The lowest BCUT2D eigenvalue weighted by Crippen LogP contribution is -2.38. The highest BCUT2D eigenvalue weighted by Crippen LogP contribution is 2.67. The Morgan fingerprint density at radius 2 is 1.95 bits per heavy atom. The molecule has 1 aliphatic heterocycles. The molecule has 22 heavy (non-hydrogen) atoms.